The van der Waals surface area contributed by atoms with E-state index in [0.717, 1.165) is 16.0 Å². The second-order valence-electron chi connectivity index (χ2n) is 4.50. The van der Waals surface area contributed by atoms with Gasteiger partial charge in [-0.05, 0) is 24.3 Å². The fourth-order valence-corrected chi connectivity index (χ4v) is 2.30. The summed E-state index contributed by atoms with van der Waals surface area (Å²) < 4.78 is 0. The van der Waals surface area contributed by atoms with Crippen LogP contribution in [0.5, 0.6) is 0 Å². The molecule has 0 aliphatic carbocycles. The Balaban J connectivity index is 0.000000377. The molecule has 3 heteroatoms. The van der Waals surface area contributed by atoms with E-state index in [9.17, 15) is 4.79 Å². The molecule has 0 fully saturated rings. The van der Waals surface area contributed by atoms with Gasteiger partial charge in [-0.1, -0.05) is 11.8 Å². The van der Waals surface area contributed by atoms with Gasteiger partial charge in [0.1, 0.15) is 0 Å². The van der Waals surface area contributed by atoms with Crippen LogP contribution in [0.25, 0.3) is 0 Å². The maximum Gasteiger partial charge on any atom is 2.00 e. The van der Waals surface area contributed by atoms with Crippen LogP contribution in [0.2, 0.25) is 0 Å². The summed E-state index contributed by atoms with van der Waals surface area (Å²) in [4.78, 5) is 11.9. The van der Waals surface area contributed by atoms with Crippen molar-refractivity contribution in [2.24, 2.45) is 0 Å². The van der Waals surface area contributed by atoms with Gasteiger partial charge in [-0.25, -0.2) is 12.1 Å². The summed E-state index contributed by atoms with van der Waals surface area (Å²) in [6, 6.07) is 25.6. The normalized spacial score (nSPS) is 8.74. The van der Waals surface area contributed by atoms with Crippen molar-refractivity contribution in [2.75, 3.05) is 0 Å². The molecule has 116 valence electrons. The first-order valence-electron chi connectivity index (χ1n) is 6.93. The van der Waals surface area contributed by atoms with Crippen LogP contribution in [0, 0.1) is 11.8 Å². The van der Waals surface area contributed by atoms with E-state index in [1.165, 1.54) is 11.8 Å². The van der Waals surface area contributed by atoms with Crippen LogP contribution in [0.15, 0.2) is 83.8 Å². The third-order valence-electron chi connectivity index (χ3n) is 2.69. The molecule has 3 rings (SSSR count). The van der Waals surface area contributed by atoms with Gasteiger partial charge in [0.15, 0.2) is 5.12 Å². The van der Waals surface area contributed by atoms with Crippen LogP contribution in [-0.2, 0) is 21.9 Å². The second-order valence-corrected chi connectivity index (χ2v) is 5.75. The monoisotopic (exact) mass is 360 g/mol. The predicted molar refractivity (Wildman–Crippen MR) is 93.0 cm³/mol. The minimum atomic E-state index is 0. The smallest absolute Gasteiger partial charge is 0.287 e. The van der Waals surface area contributed by atoms with Crippen LogP contribution in [0.1, 0.15) is 18.1 Å². The molecule has 0 N–H and O–H groups in total. The van der Waals surface area contributed by atoms with E-state index in [1.807, 2.05) is 78.9 Å². The van der Waals surface area contributed by atoms with Gasteiger partial charge in [0.2, 0.25) is 0 Å². The molecule has 0 saturated carbocycles. The molecule has 0 bridgehead atoms. The average Bonchev–Trinajstić information content (AvgIpc) is 3.22. The van der Waals surface area contributed by atoms with Gasteiger partial charge in [-0.2, -0.15) is 42.3 Å². The first-order chi connectivity index (χ1) is 10.7. The molecule has 0 heterocycles. The van der Waals surface area contributed by atoms with Gasteiger partial charge in [0, 0.05) is 17.4 Å². The maximum absolute atomic E-state index is 10.9. The van der Waals surface area contributed by atoms with Crippen molar-refractivity contribution in [1.82, 2.24) is 0 Å². The largest absolute Gasteiger partial charge is 2.00 e. The number of thioether (sulfide) groups is 1. The SMILES string of the molecule is CC(=O)Sc1ccc(C#Cc2ccc[cH-]2)cc1.[Fe+2].c1cc[cH-]c1. The fourth-order valence-electron chi connectivity index (χ4n) is 1.69. The van der Waals surface area contributed by atoms with E-state index in [0.29, 0.717) is 0 Å². The molecule has 3 aromatic rings. The molecule has 0 aliphatic rings. The second kappa shape index (κ2) is 10.7. The van der Waals surface area contributed by atoms with Crippen molar-refractivity contribution in [1.29, 1.82) is 0 Å². The molecule has 23 heavy (non-hydrogen) atoms. The van der Waals surface area contributed by atoms with E-state index < -0.39 is 0 Å². The third-order valence-corrected chi connectivity index (χ3v) is 3.48. The first kappa shape index (κ1) is 19.1. The molecule has 0 aliphatic heterocycles. The number of hydrogen-bond donors (Lipinski definition) is 0. The van der Waals surface area contributed by atoms with Crippen LogP contribution in [0.4, 0.5) is 0 Å². The molecule has 0 amide bonds. The Morgan fingerprint density at radius 2 is 1.65 bits per heavy atom. The Hall–Kier alpha value is -1.98. The molecule has 0 spiro atoms. The Bertz CT molecular complexity index is 712. The Morgan fingerprint density at radius 1 is 0.957 bits per heavy atom. The van der Waals surface area contributed by atoms with Crippen LogP contribution in [0.3, 0.4) is 0 Å². The van der Waals surface area contributed by atoms with E-state index in [4.69, 9.17) is 0 Å². The van der Waals surface area contributed by atoms with E-state index >= 15 is 0 Å². The van der Waals surface area contributed by atoms with Crippen molar-refractivity contribution < 1.29 is 21.9 Å². The summed E-state index contributed by atoms with van der Waals surface area (Å²) >= 11 is 1.24. The van der Waals surface area contributed by atoms with Gasteiger partial charge in [-0.15, -0.1) is 17.6 Å². The van der Waals surface area contributed by atoms with Crippen LogP contribution < -0.4 is 0 Å². The van der Waals surface area contributed by atoms with Crippen molar-refractivity contribution >= 4 is 16.9 Å². The van der Waals surface area contributed by atoms with Gasteiger partial charge in [-0.3, -0.25) is 4.79 Å². The quantitative estimate of drug-likeness (QED) is 0.267. The summed E-state index contributed by atoms with van der Waals surface area (Å²) in [5.74, 6) is 6.16. The minimum Gasteiger partial charge on any atom is -0.287 e. The Morgan fingerprint density at radius 3 is 2.13 bits per heavy atom. The van der Waals surface area contributed by atoms with Gasteiger partial charge in [0.25, 0.3) is 0 Å². The average molecular weight is 360 g/mol. The Labute approximate surface area is 152 Å². The molecule has 0 saturated heterocycles. The molecule has 0 radical (unpaired) electrons. The third kappa shape index (κ3) is 7.72. The predicted octanol–water partition coefficient (Wildman–Crippen LogP) is 4.85. The van der Waals surface area contributed by atoms with Crippen LogP contribution >= 0.6 is 11.8 Å². The van der Waals surface area contributed by atoms with Crippen LogP contribution in [-0.4, -0.2) is 5.12 Å². The first-order valence-corrected chi connectivity index (χ1v) is 7.74. The summed E-state index contributed by atoms with van der Waals surface area (Å²) in [6.07, 6.45) is 0. The zero-order chi connectivity index (χ0) is 15.6. The van der Waals surface area contributed by atoms with Gasteiger partial charge in [0.05, 0.1) is 0 Å². The topological polar surface area (TPSA) is 17.1 Å². The molecular weight excluding hydrogens is 344 g/mol. The minimum absolute atomic E-state index is 0. The fraction of sp³-hybridized carbons (Fsp3) is 0.0500. The van der Waals surface area contributed by atoms with E-state index in [-0.39, 0.29) is 22.2 Å². The number of carbonyl (C=O) groups is 1. The number of benzene rings is 1. The molecule has 0 unspecified atom stereocenters. The van der Waals surface area contributed by atoms with Crippen molar-refractivity contribution in [3.05, 3.63) is 90.0 Å². The summed E-state index contributed by atoms with van der Waals surface area (Å²) in [5, 5.41) is 0.0978. The zero-order valence-electron chi connectivity index (χ0n) is 12.7. The molecule has 3 aromatic carbocycles. The molecule has 0 aromatic heterocycles. The summed E-state index contributed by atoms with van der Waals surface area (Å²) in [7, 11) is 0. The number of hydrogen-bond acceptors (Lipinski definition) is 2. The van der Waals surface area contributed by atoms with E-state index in [1.54, 1.807) is 6.92 Å². The van der Waals surface area contributed by atoms with Gasteiger partial charge >= 0.3 is 17.1 Å². The number of rotatable bonds is 1. The maximum atomic E-state index is 10.9. The Kier molecular flexibility index (Phi) is 8.87. The van der Waals surface area contributed by atoms with Crippen molar-refractivity contribution in [2.45, 2.75) is 11.8 Å². The van der Waals surface area contributed by atoms with Crippen molar-refractivity contribution in [3.8, 4) is 11.8 Å². The standard InChI is InChI=1S/C15H11OS.C5H5.Fe/c1-12(16)17-15-10-8-14(9-11-15)7-6-13-4-2-3-5-13;1-2-4-5-3-1;/h2-5,8-11H,1H3;1-5H;/q2*-1;+2. The zero-order valence-corrected chi connectivity index (χ0v) is 14.6. The summed E-state index contributed by atoms with van der Waals surface area (Å²) in [5.41, 5.74) is 1.98. The van der Waals surface area contributed by atoms with E-state index in [2.05, 4.69) is 11.8 Å². The summed E-state index contributed by atoms with van der Waals surface area (Å²) in [6.45, 7) is 1.56. The van der Waals surface area contributed by atoms with Gasteiger partial charge < -0.3 is 0 Å². The number of carbonyl (C=O) groups excluding carboxylic acids is 1. The molecular formula is C20H16FeOS. The molecule has 1 nitrogen and oxygen atoms in total. The molecule has 0 atom stereocenters. The van der Waals surface area contributed by atoms with Crippen molar-refractivity contribution in [3.63, 3.8) is 0 Å².